The molecule has 4 rings (SSSR count). The zero-order chi connectivity index (χ0) is 19.2. The van der Waals surface area contributed by atoms with Crippen molar-refractivity contribution in [2.45, 2.75) is 95.4 Å². The fourth-order valence-corrected chi connectivity index (χ4v) is 4.33. The van der Waals surface area contributed by atoms with Crippen molar-refractivity contribution in [3.05, 3.63) is 17.5 Å². The van der Waals surface area contributed by atoms with Gasteiger partial charge < -0.3 is 19.5 Å². The molecule has 0 radical (unpaired) electrons. The Labute approximate surface area is 159 Å². The van der Waals surface area contributed by atoms with Crippen LogP contribution in [0.3, 0.4) is 0 Å². The third kappa shape index (κ3) is 4.12. The van der Waals surface area contributed by atoms with Crippen LogP contribution in [0.25, 0.3) is 0 Å². The highest BCUT2D eigenvalue weighted by Crippen LogP contribution is 2.40. The van der Waals surface area contributed by atoms with E-state index in [1.807, 2.05) is 25.7 Å². The first-order chi connectivity index (χ1) is 12.8. The second-order valence-corrected chi connectivity index (χ2v) is 9.16. The largest absolute Gasteiger partial charge is 0.444 e. The summed E-state index contributed by atoms with van der Waals surface area (Å²) in [5, 5.41) is 7.03. The molecule has 1 aromatic heterocycles. The van der Waals surface area contributed by atoms with Gasteiger partial charge >= 0.3 is 6.09 Å². The Kier molecular flexibility index (Phi) is 4.64. The number of nitrogens with zero attached hydrogens (tertiary/aromatic N) is 2. The standard InChI is InChI=1S/C20H29N3O4/c1-20(2,3)26-19(25)23-14-5-4-6-15(23)10-13(9-14)21-18(24)16-11-17(27-22-16)12-7-8-12/h11-15H,4-10H2,1-3H3,(H,21,24)/t13-,14+,15?/m0/s1. The molecular formula is C20H29N3O4. The molecule has 7 nitrogen and oxygen atoms in total. The number of rotatable bonds is 3. The summed E-state index contributed by atoms with van der Waals surface area (Å²) in [6, 6.07) is 2.06. The van der Waals surface area contributed by atoms with E-state index in [0.29, 0.717) is 11.6 Å². The zero-order valence-corrected chi connectivity index (χ0v) is 16.4. The molecule has 3 aliphatic rings. The maximum absolute atomic E-state index is 12.6. The lowest BCUT2D eigenvalue weighted by Crippen LogP contribution is -2.59. The summed E-state index contributed by atoms with van der Waals surface area (Å²) in [5.41, 5.74) is -0.139. The van der Waals surface area contributed by atoms with Crippen molar-refractivity contribution in [3.63, 3.8) is 0 Å². The first kappa shape index (κ1) is 18.3. The fourth-order valence-electron chi connectivity index (χ4n) is 4.33. The molecule has 1 N–H and O–H groups in total. The summed E-state index contributed by atoms with van der Waals surface area (Å²) in [6.07, 6.45) is 6.54. The van der Waals surface area contributed by atoms with Crippen LogP contribution >= 0.6 is 0 Å². The molecule has 2 amide bonds. The molecule has 2 bridgehead atoms. The van der Waals surface area contributed by atoms with Crippen molar-refractivity contribution < 1.29 is 18.8 Å². The second-order valence-electron chi connectivity index (χ2n) is 9.16. The lowest BCUT2D eigenvalue weighted by atomic mass is 9.82. The van der Waals surface area contributed by atoms with Crippen LogP contribution in [-0.2, 0) is 4.74 Å². The van der Waals surface area contributed by atoms with E-state index >= 15 is 0 Å². The molecule has 1 unspecified atom stereocenters. The van der Waals surface area contributed by atoms with E-state index in [2.05, 4.69) is 10.5 Å². The van der Waals surface area contributed by atoms with Crippen molar-refractivity contribution in [3.8, 4) is 0 Å². The van der Waals surface area contributed by atoms with E-state index in [1.54, 1.807) is 6.07 Å². The van der Waals surface area contributed by atoms with Crippen molar-refractivity contribution in [2.24, 2.45) is 0 Å². The zero-order valence-electron chi connectivity index (χ0n) is 16.4. The van der Waals surface area contributed by atoms with Gasteiger partial charge in [-0.15, -0.1) is 0 Å². The molecule has 2 saturated heterocycles. The summed E-state index contributed by atoms with van der Waals surface area (Å²) < 4.78 is 10.9. The molecule has 7 heteroatoms. The monoisotopic (exact) mass is 375 g/mol. The molecule has 27 heavy (non-hydrogen) atoms. The minimum atomic E-state index is -0.497. The van der Waals surface area contributed by atoms with E-state index < -0.39 is 5.60 Å². The Morgan fingerprint density at radius 3 is 2.44 bits per heavy atom. The Morgan fingerprint density at radius 1 is 1.19 bits per heavy atom. The highest BCUT2D eigenvalue weighted by atomic mass is 16.6. The van der Waals surface area contributed by atoms with Crippen LogP contribution < -0.4 is 5.32 Å². The topological polar surface area (TPSA) is 84.7 Å². The van der Waals surface area contributed by atoms with Crippen molar-refractivity contribution in [1.82, 2.24) is 15.4 Å². The maximum Gasteiger partial charge on any atom is 0.410 e. The van der Waals surface area contributed by atoms with Crippen molar-refractivity contribution in [2.75, 3.05) is 0 Å². The second kappa shape index (κ2) is 6.84. The number of nitrogens with one attached hydrogen (secondary N) is 1. The van der Waals surface area contributed by atoms with Crippen LogP contribution in [0.5, 0.6) is 0 Å². The third-order valence-electron chi connectivity index (χ3n) is 5.65. The Balaban J connectivity index is 1.38. The third-order valence-corrected chi connectivity index (χ3v) is 5.65. The molecule has 0 aromatic carbocycles. The molecular weight excluding hydrogens is 346 g/mol. The number of fused-ring (bicyclic) bond motifs is 2. The van der Waals surface area contributed by atoms with Gasteiger partial charge in [-0.2, -0.15) is 0 Å². The maximum atomic E-state index is 12.6. The Morgan fingerprint density at radius 2 is 1.85 bits per heavy atom. The van der Waals surface area contributed by atoms with E-state index in [4.69, 9.17) is 9.26 Å². The first-order valence-corrected chi connectivity index (χ1v) is 10.1. The molecule has 2 aliphatic heterocycles. The summed E-state index contributed by atoms with van der Waals surface area (Å²) in [5.74, 6) is 1.08. The Hall–Kier alpha value is -2.05. The molecule has 148 valence electrons. The van der Waals surface area contributed by atoms with E-state index in [1.165, 1.54) is 0 Å². The van der Waals surface area contributed by atoms with Crippen LogP contribution in [-0.4, -0.2) is 45.8 Å². The lowest BCUT2D eigenvalue weighted by molar-refractivity contribution is -0.0229. The normalized spacial score (nSPS) is 28.0. The van der Waals surface area contributed by atoms with Gasteiger partial charge in [0.05, 0.1) is 0 Å². The van der Waals surface area contributed by atoms with Crippen molar-refractivity contribution in [1.29, 1.82) is 0 Å². The Bertz CT molecular complexity index is 705. The highest BCUT2D eigenvalue weighted by molar-refractivity contribution is 5.92. The summed E-state index contributed by atoms with van der Waals surface area (Å²) >= 11 is 0. The average molecular weight is 375 g/mol. The smallest absolute Gasteiger partial charge is 0.410 e. The van der Waals surface area contributed by atoms with E-state index in [-0.39, 0.29) is 30.1 Å². The van der Waals surface area contributed by atoms with Crippen LogP contribution in [0, 0.1) is 0 Å². The van der Waals surface area contributed by atoms with Gasteiger partial charge in [-0.3, -0.25) is 4.79 Å². The van der Waals surface area contributed by atoms with Gasteiger partial charge in [0, 0.05) is 30.1 Å². The van der Waals surface area contributed by atoms with Gasteiger partial charge in [-0.05, 0) is 65.7 Å². The average Bonchev–Trinajstić information content (AvgIpc) is 3.29. The number of carbonyl (C=O) groups excluding carboxylic acids is 2. The van der Waals surface area contributed by atoms with Crippen LogP contribution in [0.2, 0.25) is 0 Å². The lowest BCUT2D eigenvalue weighted by Gasteiger charge is -2.48. The van der Waals surface area contributed by atoms with Crippen molar-refractivity contribution >= 4 is 12.0 Å². The van der Waals surface area contributed by atoms with Gasteiger partial charge in [0.25, 0.3) is 5.91 Å². The molecule has 1 aliphatic carbocycles. The van der Waals surface area contributed by atoms with Gasteiger partial charge in [0.1, 0.15) is 11.4 Å². The van der Waals surface area contributed by atoms with Gasteiger partial charge in [0.15, 0.2) is 5.69 Å². The number of ether oxygens (including phenoxy) is 1. The highest BCUT2D eigenvalue weighted by Gasteiger charge is 2.43. The van der Waals surface area contributed by atoms with Crippen LogP contribution in [0.1, 0.15) is 87.9 Å². The van der Waals surface area contributed by atoms with Gasteiger partial charge in [-0.1, -0.05) is 5.16 Å². The minimum absolute atomic E-state index is 0.0487. The van der Waals surface area contributed by atoms with E-state index in [0.717, 1.165) is 50.7 Å². The predicted molar refractivity (Wildman–Crippen MR) is 98.5 cm³/mol. The fraction of sp³-hybridized carbons (Fsp3) is 0.750. The number of hydrogen-bond donors (Lipinski definition) is 1. The number of carbonyl (C=O) groups is 2. The summed E-state index contributed by atoms with van der Waals surface area (Å²) in [4.78, 5) is 27.1. The SMILES string of the molecule is CC(C)(C)OC(=O)N1C2CCC[C@@H]1C[C@H](NC(=O)c1cc(C3CC3)on1)C2. The van der Waals surface area contributed by atoms with Crippen LogP contribution in [0.15, 0.2) is 10.6 Å². The summed E-state index contributed by atoms with van der Waals surface area (Å²) in [7, 11) is 0. The number of amides is 2. The minimum Gasteiger partial charge on any atom is -0.444 e. The molecule has 3 atom stereocenters. The molecule has 1 saturated carbocycles. The predicted octanol–water partition coefficient (Wildman–Crippen LogP) is 3.60. The first-order valence-electron chi connectivity index (χ1n) is 10.1. The molecule has 1 aromatic rings. The number of piperidine rings is 2. The quantitative estimate of drug-likeness (QED) is 0.872. The van der Waals surface area contributed by atoms with Crippen LogP contribution in [0.4, 0.5) is 4.79 Å². The summed E-state index contributed by atoms with van der Waals surface area (Å²) in [6.45, 7) is 5.67. The molecule has 3 fully saturated rings. The number of hydrogen-bond acceptors (Lipinski definition) is 5. The van der Waals surface area contributed by atoms with Gasteiger partial charge in [0.2, 0.25) is 0 Å². The van der Waals surface area contributed by atoms with Gasteiger partial charge in [-0.25, -0.2) is 4.79 Å². The number of aromatic nitrogens is 1. The molecule has 3 heterocycles. The molecule has 0 spiro atoms. The van der Waals surface area contributed by atoms with E-state index in [9.17, 15) is 9.59 Å².